The fourth-order valence-corrected chi connectivity index (χ4v) is 1.46. The summed E-state index contributed by atoms with van der Waals surface area (Å²) in [6.45, 7) is 7.50. The quantitative estimate of drug-likeness (QED) is 0.707. The maximum atomic E-state index is 11.6. The van der Waals surface area contributed by atoms with Gasteiger partial charge in [0.25, 0.3) is 0 Å². The van der Waals surface area contributed by atoms with Crippen molar-refractivity contribution in [3.8, 4) is 0 Å². The third-order valence-corrected chi connectivity index (χ3v) is 3.05. The highest BCUT2D eigenvalue weighted by atomic mass is 16.5. The van der Waals surface area contributed by atoms with Crippen molar-refractivity contribution in [2.24, 2.45) is 5.41 Å². The first-order chi connectivity index (χ1) is 6.27. The van der Waals surface area contributed by atoms with Crippen molar-refractivity contribution in [3.63, 3.8) is 0 Å². The number of aliphatic hydroxyl groups is 1. The van der Waals surface area contributed by atoms with Crippen LogP contribution in [0.1, 0.15) is 47.0 Å². The molecule has 3 heteroatoms. The Kier molecular flexibility index (Phi) is 2.91. The molecule has 0 heterocycles. The number of carbonyl (C=O) groups excluding carboxylic acids is 1. The molecule has 0 saturated heterocycles. The van der Waals surface area contributed by atoms with Crippen LogP contribution < -0.4 is 0 Å². The maximum Gasteiger partial charge on any atom is 0.311 e. The van der Waals surface area contributed by atoms with Crippen LogP contribution in [-0.2, 0) is 9.53 Å². The molecule has 1 aliphatic rings. The van der Waals surface area contributed by atoms with E-state index in [9.17, 15) is 9.90 Å². The van der Waals surface area contributed by atoms with Gasteiger partial charge in [-0.1, -0.05) is 6.92 Å². The van der Waals surface area contributed by atoms with Gasteiger partial charge in [-0.2, -0.15) is 0 Å². The summed E-state index contributed by atoms with van der Waals surface area (Å²) in [4.78, 5) is 11.6. The second-order valence-corrected chi connectivity index (χ2v) is 5.17. The highest BCUT2D eigenvalue weighted by molar-refractivity contribution is 5.76. The second kappa shape index (κ2) is 3.54. The Morgan fingerprint density at radius 3 is 2.43 bits per heavy atom. The van der Waals surface area contributed by atoms with E-state index in [-0.39, 0.29) is 12.1 Å². The van der Waals surface area contributed by atoms with Crippen molar-refractivity contribution in [1.29, 1.82) is 0 Å². The number of ether oxygens (including phenoxy) is 1. The van der Waals surface area contributed by atoms with E-state index in [2.05, 4.69) is 0 Å². The minimum absolute atomic E-state index is 0.0803. The van der Waals surface area contributed by atoms with Crippen LogP contribution in [0, 0.1) is 5.41 Å². The van der Waals surface area contributed by atoms with Gasteiger partial charge in [0, 0.05) is 12.8 Å². The number of esters is 1. The highest BCUT2D eigenvalue weighted by Crippen LogP contribution is 2.35. The zero-order valence-electron chi connectivity index (χ0n) is 9.46. The fraction of sp³-hybridized carbons (Fsp3) is 0.909. The average molecular weight is 200 g/mol. The van der Waals surface area contributed by atoms with Crippen molar-refractivity contribution in [2.45, 2.75) is 58.7 Å². The molecule has 1 rings (SSSR count). The first kappa shape index (κ1) is 11.5. The van der Waals surface area contributed by atoms with Crippen LogP contribution in [0.5, 0.6) is 0 Å². The molecule has 3 nitrogen and oxygen atoms in total. The summed E-state index contributed by atoms with van der Waals surface area (Å²) < 4.78 is 5.28. The minimum Gasteiger partial charge on any atom is -0.462 e. The summed E-state index contributed by atoms with van der Waals surface area (Å²) in [7, 11) is 0. The lowest BCUT2D eigenvalue weighted by molar-refractivity contribution is -0.179. The Hall–Kier alpha value is -0.570. The van der Waals surface area contributed by atoms with Gasteiger partial charge in [-0.25, -0.2) is 0 Å². The molecule has 0 bridgehead atoms. The topological polar surface area (TPSA) is 46.5 Å². The Bertz CT molecular complexity index is 223. The SMILES string of the molecule is CCC(C)(C)C(=O)OC1CC(C)(O)C1. The number of rotatable bonds is 3. The first-order valence-electron chi connectivity index (χ1n) is 5.20. The number of carbonyl (C=O) groups is 1. The van der Waals surface area contributed by atoms with Crippen LogP contribution in [0.3, 0.4) is 0 Å². The molecule has 0 unspecified atom stereocenters. The first-order valence-corrected chi connectivity index (χ1v) is 5.20. The Balaban J connectivity index is 2.37. The number of hydrogen-bond donors (Lipinski definition) is 1. The van der Waals surface area contributed by atoms with E-state index in [1.165, 1.54) is 0 Å². The van der Waals surface area contributed by atoms with Gasteiger partial charge in [0.2, 0.25) is 0 Å². The lowest BCUT2D eigenvalue weighted by Crippen LogP contribution is -2.47. The molecule has 0 atom stereocenters. The van der Waals surface area contributed by atoms with Crippen molar-refractivity contribution in [1.82, 2.24) is 0 Å². The maximum absolute atomic E-state index is 11.6. The van der Waals surface area contributed by atoms with E-state index in [1.54, 1.807) is 6.92 Å². The smallest absolute Gasteiger partial charge is 0.311 e. The standard InChI is InChI=1S/C11H20O3/c1-5-10(2,3)9(12)14-8-6-11(4,13)7-8/h8,13H,5-7H2,1-4H3. The van der Waals surface area contributed by atoms with Gasteiger partial charge in [-0.3, -0.25) is 4.79 Å². The average Bonchev–Trinajstić information content (AvgIpc) is 2.01. The number of hydrogen-bond acceptors (Lipinski definition) is 3. The lowest BCUT2D eigenvalue weighted by atomic mass is 9.79. The van der Waals surface area contributed by atoms with Gasteiger partial charge in [0.1, 0.15) is 6.10 Å². The second-order valence-electron chi connectivity index (χ2n) is 5.17. The molecule has 14 heavy (non-hydrogen) atoms. The molecule has 1 fully saturated rings. The third-order valence-electron chi connectivity index (χ3n) is 3.05. The van der Waals surface area contributed by atoms with E-state index in [0.29, 0.717) is 12.8 Å². The van der Waals surface area contributed by atoms with E-state index in [4.69, 9.17) is 4.74 Å². The predicted octanol–water partition coefficient (Wildman–Crippen LogP) is 1.88. The van der Waals surface area contributed by atoms with Crippen molar-refractivity contribution in [3.05, 3.63) is 0 Å². The Labute approximate surface area is 85.5 Å². The molecule has 1 saturated carbocycles. The third kappa shape index (κ3) is 2.47. The van der Waals surface area contributed by atoms with Gasteiger partial charge < -0.3 is 9.84 Å². The monoisotopic (exact) mass is 200 g/mol. The summed E-state index contributed by atoms with van der Waals surface area (Å²) in [5.41, 5.74) is -1.03. The molecule has 0 radical (unpaired) electrons. The zero-order valence-corrected chi connectivity index (χ0v) is 9.46. The summed E-state index contributed by atoms with van der Waals surface area (Å²) in [5.74, 6) is -0.152. The van der Waals surface area contributed by atoms with Crippen LogP contribution in [0.4, 0.5) is 0 Å². The van der Waals surface area contributed by atoms with Crippen LogP contribution in [0.2, 0.25) is 0 Å². The minimum atomic E-state index is -0.624. The van der Waals surface area contributed by atoms with Gasteiger partial charge in [-0.15, -0.1) is 0 Å². The molecule has 0 spiro atoms. The van der Waals surface area contributed by atoms with Crippen LogP contribution in [-0.4, -0.2) is 22.8 Å². The summed E-state index contributed by atoms with van der Waals surface area (Å²) in [6.07, 6.45) is 1.83. The van der Waals surface area contributed by atoms with Crippen LogP contribution in [0.25, 0.3) is 0 Å². The molecule has 0 aromatic rings. The van der Waals surface area contributed by atoms with Crippen molar-refractivity contribution < 1.29 is 14.6 Å². The molecular formula is C11H20O3. The van der Waals surface area contributed by atoms with Crippen LogP contribution >= 0.6 is 0 Å². The van der Waals surface area contributed by atoms with Crippen molar-refractivity contribution >= 4 is 5.97 Å². The summed E-state index contributed by atoms with van der Waals surface area (Å²) >= 11 is 0. The Morgan fingerprint density at radius 2 is 2.07 bits per heavy atom. The normalized spacial score (nSPS) is 32.2. The van der Waals surface area contributed by atoms with Gasteiger partial charge in [-0.05, 0) is 27.2 Å². The molecule has 82 valence electrons. The van der Waals surface area contributed by atoms with Gasteiger partial charge in [0.15, 0.2) is 0 Å². The molecular weight excluding hydrogens is 180 g/mol. The molecule has 1 N–H and O–H groups in total. The van der Waals surface area contributed by atoms with Crippen molar-refractivity contribution in [2.75, 3.05) is 0 Å². The van der Waals surface area contributed by atoms with E-state index in [1.807, 2.05) is 20.8 Å². The lowest BCUT2D eigenvalue weighted by Gasteiger charge is -2.41. The van der Waals surface area contributed by atoms with Gasteiger partial charge in [0.05, 0.1) is 11.0 Å². The molecule has 0 aliphatic heterocycles. The largest absolute Gasteiger partial charge is 0.462 e. The molecule has 1 aliphatic carbocycles. The highest BCUT2D eigenvalue weighted by Gasteiger charge is 2.42. The zero-order chi connectivity index (χ0) is 11.0. The Morgan fingerprint density at radius 1 is 1.57 bits per heavy atom. The summed E-state index contributed by atoms with van der Waals surface area (Å²) in [5, 5.41) is 9.47. The molecule has 0 amide bonds. The van der Waals surface area contributed by atoms with Crippen LogP contribution in [0.15, 0.2) is 0 Å². The van der Waals surface area contributed by atoms with E-state index in [0.717, 1.165) is 6.42 Å². The van der Waals surface area contributed by atoms with E-state index >= 15 is 0 Å². The van der Waals surface area contributed by atoms with Gasteiger partial charge >= 0.3 is 5.97 Å². The summed E-state index contributed by atoms with van der Waals surface area (Å²) in [6, 6.07) is 0. The predicted molar refractivity (Wildman–Crippen MR) is 53.8 cm³/mol. The molecule has 0 aromatic carbocycles. The van der Waals surface area contributed by atoms with E-state index < -0.39 is 11.0 Å². The molecule has 0 aromatic heterocycles. The fourth-order valence-electron chi connectivity index (χ4n) is 1.46.